The number of hydrogen-bond acceptors (Lipinski definition) is 3. The molecule has 0 saturated carbocycles. The van der Waals surface area contributed by atoms with Gasteiger partial charge in [0, 0.05) is 17.0 Å². The van der Waals surface area contributed by atoms with E-state index in [1.54, 1.807) is 11.8 Å². The lowest BCUT2D eigenvalue weighted by molar-refractivity contribution is 0.322. The lowest BCUT2D eigenvalue weighted by Gasteiger charge is -2.34. The fraction of sp³-hybridized carbons (Fsp3) is 0.538. The van der Waals surface area contributed by atoms with Gasteiger partial charge in [0.25, 0.3) is 0 Å². The molecular weight excluding hydrogens is 218 g/mol. The molecule has 2 nitrogen and oxygen atoms in total. The molecule has 3 unspecified atom stereocenters. The maximum absolute atomic E-state index is 8.88. The summed E-state index contributed by atoms with van der Waals surface area (Å²) in [4.78, 5) is 0. The average molecular weight is 237 g/mol. The van der Waals surface area contributed by atoms with E-state index in [9.17, 15) is 0 Å². The van der Waals surface area contributed by atoms with Gasteiger partial charge in [0.1, 0.15) is 0 Å². The summed E-state index contributed by atoms with van der Waals surface area (Å²) in [5.41, 5.74) is 8.98. The summed E-state index contributed by atoms with van der Waals surface area (Å²) in [5.74, 6) is 1.36. The molecule has 1 aromatic carbocycles. The van der Waals surface area contributed by atoms with E-state index in [2.05, 4.69) is 31.2 Å². The quantitative estimate of drug-likeness (QED) is 0.848. The first-order valence-electron chi connectivity index (χ1n) is 5.81. The van der Waals surface area contributed by atoms with E-state index in [4.69, 9.17) is 10.8 Å². The highest BCUT2D eigenvalue weighted by molar-refractivity contribution is 7.99. The first-order valence-corrected chi connectivity index (χ1v) is 6.85. The Morgan fingerprint density at radius 2 is 2.06 bits per heavy atom. The van der Waals surface area contributed by atoms with Gasteiger partial charge in [-0.1, -0.05) is 31.2 Å². The molecule has 0 fully saturated rings. The third kappa shape index (κ3) is 2.26. The van der Waals surface area contributed by atoms with Crippen LogP contribution in [0.3, 0.4) is 0 Å². The van der Waals surface area contributed by atoms with Crippen molar-refractivity contribution in [2.45, 2.75) is 30.6 Å². The summed E-state index contributed by atoms with van der Waals surface area (Å²) in [6.07, 6.45) is 1.11. The molecule has 0 aromatic heterocycles. The zero-order valence-corrected chi connectivity index (χ0v) is 10.4. The number of aliphatic hydroxyl groups is 1. The summed E-state index contributed by atoms with van der Waals surface area (Å²) in [6, 6.07) is 8.59. The molecule has 0 radical (unpaired) electrons. The number of fused-ring (bicyclic) bond motifs is 1. The van der Waals surface area contributed by atoms with Crippen molar-refractivity contribution >= 4 is 11.8 Å². The Morgan fingerprint density at radius 3 is 2.75 bits per heavy atom. The summed E-state index contributed by atoms with van der Waals surface area (Å²) in [7, 11) is 0. The second-order valence-corrected chi connectivity index (χ2v) is 5.77. The summed E-state index contributed by atoms with van der Waals surface area (Å²) >= 11 is 1.80. The first-order chi connectivity index (χ1) is 7.74. The highest BCUT2D eigenvalue weighted by atomic mass is 32.2. The Bertz CT molecular complexity index is 356. The Balaban J connectivity index is 2.20. The van der Waals surface area contributed by atoms with Gasteiger partial charge >= 0.3 is 0 Å². The summed E-state index contributed by atoms with van der Waals surface area (Å²) in [6.45, 7) is 2.50. The molecule has 1 aliphatic rings. The number of aliphatic hydroxyl groups excluding tert-OH is 1. The van der Waals surface area contributed by atoms with Crippen LogP contribution in [-0.2, 0) is 0 Å². The smallest absolute Gasteiger partial charge is 0.0521 e. The van der Waals surface area contributed by atoms with Crippen molar-refractivity contribution in [1.29, 1.82) is 0 Å². The lowest BCUT2D eigenvalue weighted by atomic mass is 9.81. The maximum Gasteiger partial charge on any atom is 0.0521 e. The molecule has 1 aromatic rings. The number of benzene rings is 1. The van der Waals surface area contributed by atoms with Gasteiger partial charge < -0.3 is 10.8 Å². The normalized spacial score (nSPS) is 28.8. The Hall–Kier alpha value is -0.510. The minimum atomic E-state index is 0.115. The van der Waals surface area contributed by atoms with Gasteiger partial charge in [-0.2, -0.15) is 11.8 Å². The van der Waals surface area contributed by atoms with Crippen molar-refractivity contribution in [3.05, 3.63) is 35.4 Å². The van der Waals surface area contributed by atoms with Gasteiger partial charge in [-0.3, -0.25) is 0 Å². The fourth-order valence-electron chi connectivity index (χ4n) is 2.46. The Labute approximate surface area is 101 Å². The number of hydrogen-bond donors (Lipinski definition) is 2. The summed E-state index contributed by atoms with van der Waals surface area (Å²) < 4.78 is 0. The molecule has 2 rings (SSSR count). The van der Waals surface area contributed by atoms with E-state index in [1.807, 2.05) is 0 Å². The van der Waals surface area contributed by atoms with Gasteiger partial charge in [0.2, 0.25) is 0 Å². The van der Waals surface area contributed by atoms with Crippen LogP contribution in [0.1, 0.15) is 36.4 Å². The van der Waals surface area contributed by atoms with Gasteiger partial charge in [0.05, 0.1) is 6.61 Å². The van der Waals surface area contributed by atoms with Crippen LogP contribution >= 0.6 is 11.8 Å². The number of rotatable bonds is 3. The topological polar surface area (TPSA) is 46.2 Å². The van der Waals surface area contributed by atoms with E-state index < -0.39 is 0 Å². The van der Waals surface area contributed by atoms with Crippen LogP contribution in [0.25, 0.3) is 0 Å². The number of nitrogens with two attached hydrogens (primary N) is 1. The molecule has 0 spiro atoms. The van der Waals surface area contributed by atoms with E-state index in [0.717, 1.165) is 12.2 Å². The highest BCUT2D eigenvalue weighted by Crippen LogP contribution is 2.41. The third-order valence-corrected chi connectivity index (χ3v) is 4.63. The Morgan fingerprint density at radius 1 is 1.38 bits per heavy atom. The molecule has 16 heavy (non-hydrogen) atoms. The van der Waals surface area contributed by atoms with Crippen LogP contribution in [0.2, 0.25) is 0 Å². The molecular formula is C13H19NOS. The molecule has 3 atom stereocenters. The second kappa shape index (κ2) is 5.21. The van der Waals surface area contributed by atoms with Crippen molar-refractivity contribution in [2.24, 2.45) is 5.73 Å². The van der Waals surface area contributed by atoms with Crippen molar-refractivity contribution in [1.82, 2.24) is 0 Å². The molecule has 0 saturated heterocycles. The first kappa shape index (κ1) is 12.0. The molecule has 3 heteroatoms. The average Bonchev–Trinajstić information content (AvgIpc) is 2.32. The van der Waals surface area contributed by atoms with Crippen molar-refractivity contribution < 1.29 is 5.11 Å². The second-order valence-electron chi connectivity index (χ2n) is 4.42. The van der Waals surface area contributed by atoms with Gasteiger partial charge in [0.15, 0.2) is 0 Å². The van der Waals surface area contributed by atoms with Gasteiger partial charge in [-0.05, 0) is 23.5 Å². The monoisotopic (exact) mass is 237 g/mol. The fourth-order valence-corrected chi connectivity index (χ4v) is 3.65. The van der Waals surface area contributed by atoms with E-state index in [-0.39, 0.29) is 12.6 Å². The molecule has 0 heterocycles. The lowest BCUT2D eigenvalue weighted by Crippen LogP contribution is -2.31. The third-order valence-electron chi connectivity index (χ3n) is 3.30. The van der Waals surface area contributed by atoms with Crippen LogP contribution in [0.5, 0.6) is 0 Å². The largest absolute Gasteiger partial charge is 0.396 e. The van der Waals surface area contributed by atoms with Crippen molar-refractivity contribution in [3.63, 3.8) is 0 Å². The van der Waals surface area contributed by atoms with Gasteiger partial charge in [-0.25, -0.2) is 0 Å². The predicted molar refractivity (Wildman–Crippen MR) is 69.7 cm³/mol. The van der Waals surface area contributed by atoms with E-state index in [1.165, 1.54) is 11.1 Å². The van der Waals surface area contributed by atoms with Crippen molar-refractivity contribution in [2.75, 3.05) is 12.4 Å². The minimum absolute atomic E-state index is 0.115. The number of thioether (sulfide) groups is 1. The molecule has 88 valence electrons. The Kier molecular flexibility index (Phi) is 3.90. The standard InChI is InChI=1S/C13H19NOS/c1-9-8-12(16-7-6-15)13(14)11-5-3-2-4-10(9)11/h2-5,9,12-13,15H,6-8,14H2,1H3. The molecule has 3 N–H and O–H groups in total. The molecule has 1 aliphatic carbocycles. The summed E-state index contributed by atoms with van der Waals surface area (Å²) in [5, 5.41) is 9.32. The van der Waals surface area contributed by atoms with Crippen LogP contribution in [0.4, 0.5) is 0 Å². The highest BCUT2D eigenvalue weighted by Gasteiger charge is 2.30. The van der Waals surface area contributed by atoms with Crippen LogP contribution in [0.15, 0.2) is 24.3 Å². The maximum atomic E-state index is 8.88. The molecule has 0 aliphatic heterocycles. The zero-order valence-electron chi connectivity index (χ0n) is 9.60. The van der Waals surface area contributed by atoms with E-state index in [0.29, 0.717) is 11.2 Å². The predicted octanol–water partition coefficient (Wildman–Crippen LogP) is 2.29. The van der Waals surface area contributed by atoms with Crippen molar-refractivity contribution in [3.8, 4) is 0 Å². The molecule has 0 bridgehead atoms. The van der Waals surface area contributed by atoms with Crippen LogP contribution < -0.4 is 5.73 Å². The van der Waals surface area contributed by atoms with Gasteiger partial charge in [-0.15, -0.1) is 0 Å². The molecule has 0 amide bonds. The van der Waals surface area contributed by atoms with Crippen LogP contribution in [-0.4, -0.2) is 22.7 Å². The zero-order chi connectivity index (χ0) is 11.5. The van der Waals surface area contributed by atoms with Crippen LogP contribution in [0, 0.1) is 0 Å². The minimum Gasteiger partial charge on any atom is -0.396 e. The van der Waals surface area contributed by atoms with E-state index >= 15 is 0 Å². The SMILES string of the molecule is CC1CC(SCCO)C(N)c2ccccc21.